The van der Waals surface area contributed by atoms with Crippen molar-refractivity contribution >= 4 is 43.4 Å². The van der Waals surface area contributed by atoms with Crippen LogP contribution in [0.1, 0.15) is 76.4 Å². The fourth-order valence-corrected chi connectivity index (χ4v) is 12.6. The van der Waals surface area contributed by atoms with E-state index in [1.807, 2.05) is 0 Å². The number of aryl methyl sites for hydroxylation is 7. The average Bonchev–Trinajstić information content (AvgIpc) is 3.79. The Labute approximate surface area is 403 Å². The first-order valence-corrected chi connectivity index (χ1v) is 24.6. The van der Waals surface area contributed by atoms with Crippen LogP contribution in [-0.4, -0.2) is 0 Å². The van der Waals surface area contributed by atoms with Crippen molar-refractivity contribution in [1.82, 2.24) is 0 Å². The van der Waals surface area contributed by atoms with Crippen molar-refractivity contribution in [3.05, 3.63) is 177 Å². The summed E-state index contributed by atoms with van der Waals surface area (Å²) in [5.74, 6) is 0. The van der Waals surface area contributed by atoms with E-state index in [0.717, 1.165) is 6.42 Å². The maximum absolute atomic E-state index is 2.48. The first-order chi connectivity index (χ1) is 32.4. The summed E-state index contributed by atoms with van der Waals surface area (Å²) in [6, 6.07) is 46.0. The molecule has 0 bridgehead atoms. The van der Waals surface area contributed by atoms with E-state index in [9.17, 15) is 0 Å². The molecule has 68 heavy (non-hydrogen) atoms. The van der Waals surface area contributed by atoms with Crippen molar-refractivity contribution in [2.24, 2.45) is 19.5 Å². The molecule has 0 saturated heterocycles. The number of benzene rings is 8. The van der Waals surface area contributed by atoms with Crippen LogP contribution in [-0.2, 0) is 20.5 Å². The number of nitrogens with zero attached hydrogens (tertiary/aromatic N) is 2. The van der Waals surface area contributed by atoms with Gasteiger partial charge in [-0.25, -0.2) is 0 Å². The van der Waals surface area contributed by atoms with Crippen LogP contribution in [0, 0.1) is 67.7 Å². The highest BCUT2D eigenvalue weighted by Crippen LogP contribution is 2.52. The van der Waals surface area contributed by atoms with Crippen molar-refractivity contribution in [1.29, 1.82) is 0 Å². The smallest absolute Gasteiger partial charge is 0.194 e. The van der Waals surface area contributed by atoms with E-state index in [1.54, 1.807) is 0 Å². The molecule has 2 aliphatic carbocycles. The second-order valence-electron chi connectivity index (χ2n) is 21.7. The standard InChI is InChI=1S/C35H36N.C31H28N/c1-20-15-21(2)32-25(19-35(5,6)7)17-30(36(8)31(32)16-20)28-18-29-26-13-9-11-24-12-10-14-27(34(24)26)33(29)23(4)22(28)3;1-17-13-18(2)29-19(3)15-27(32(6)28(29)14-17)25-16-26-23-11-7-9-22-10-8-12-24(31(22)23)30(26)21(5)20(25)4/h9-18H,19H2,1-8H3;7-16H,1-6H3/q2*+1. The number of hydrogen-bond donors (Lipinski definition) is 0. The zero-order chi connectivity index (χ0) is 47.8. The van der Waals surface area contributed by atoms with Crippen LogP contribution in [0.5, 0.6) is 0 Å². The molecule has 0 N–H and O–H groups in total. The second kappa shape index (κ2) is 15.6. The lowest BCUT2D eigenvalue weighted by molar-refractivity contribution is -0.633. The predicted molar refractivity (Wildman–Crippen MR) is 291 cm³/mol. The minimum Gasteiger partial charge on any atom is -0.194 e. The van der Waals surface area contributed by atoms with Crippen LogP contribution in [0.4, 0.5) is 0 Å². The number of aromatic nitrogens is 2. The molecule has 2 aromatic heterocycles. The van der Waals surface area contributed by atoms with Crippen LogP contribution < -0.4 is 9.13 Å². The van der Waals surface area contributed by atoms with Gasteiger partial charge in [0.25, 0.3) is 0 Å². The van der Waals surface area contributed by atoms with Gasteiger partial charge in [-0.3, -0.25) is 0 Å². The number of pyridine rings is 2. The lowest BCUT2D eigenvalue weighted by atomic mass is 9.84. The van der Waals surface area contributed by atoms with Gasteiger partial charge < -0.3 is 0 Å². The molecule has 0 fully saturated rings. The molecule has 336 valence electrons. The minimum absolute atomic E-state index is 0.210. The van der Waals surface area contributed by atoms with E-state index in [4.69, 9.17) is 0 Å². The lowest BCUT2D eigenvalue weighted by Crippen LogP contribution is -2.33. The van der Waals surface area contributed by atoms with E-state index >= 15 is 0 Å². The molecule has 8 aromatic carbocycles. The molecular formula is C66H64N2+2. The Morgan fingerprint density at radius 3 is 1.22 bits per heavy atom. The van der Waals surface area contributed by atoms with E-state index in [0.29, 0.717) is 0 Å². The molecule has 0 radical (unpaired) electrons. The summed E-state index contributed by atoms with van der Waals surface area (Å²) < 4.78 is 4.82. The summed E-state index contributed by atoms with van der Waals surface area (Å²) in [4.78, 5) is 0. The third kappa shape index (κ3) is 6.58. The second-order valence-corrected chi connectivity index (χ2v) is 21.7. The molecule has 0 spiro atoms. The third-order valence-corrected chi connectivity index (χ3v) is 15.7. The van der Waals surface area contributed by atoms with Gasteiger partial charge in [0.2, 0.25) is 22.4 Å². The van der Waals surface area contributed by atoms with Gasteiger partial charge in [-0.15, -0.1) is 0 Å². The predicted octanol–water partition coefficient (Wildman–Crippen LogP) is 16.6. The maximum atomic E-state index is 2.48. The first kappa shape index (κ1) is 43.7. The fourth-order valence-electron chi connectivity index (χ4n) is 12.6. The molecule has 0 amide bonds. The van der Waals surface area contributed by atoms with Gasteiger partial charge in [0, 0.05) is 35.4 Å². The zero-order valence-corrected chi connectivity index (χ0v) is 42.6. The SMILES string of the molecule is Cc1cc(C)c2c(C)cc(-c3cc4c(c(C)c3C)-c3cccc5cccc-4c35)[n+](C)c2c1.Cc1cc(C)c2c(CC(C)(C)C)cc(-c3cc4c(c(C)c3C)-c3cccc5cccc-4c35)[n+](C)c2c1. The van der Waals surface area contributed by atoms with Crippen LogP contribution in [0.15, 0.2) is 121 Å². The van der Waals surface area contributed by atoms with Crippen molar-refractivity contribution in [3.8, 4) is 67.0 Å². The van der Waals surface area contributed by atoms with E-state index in [1.165, 1.54) is 166 Å². The van der Waals surface area contributed by atoms with Gasteiger partial charge in [-0.2, -0.15) is 9.13 Å². The van der Waals surface area contributed by atoms with E-state index in [-0.39, 0.29) is 5.41 Å². The summed E-state index contributed by atoms with van der Waals surface area (Å²) in [7, 11) is 4.46. The molecule has 2 aliphatic rings. The minimum atomic E-state index is 0.210. The van der Waals surface area contributed by atoms with Gasteiger partial charge in [-0.1, -0.05) is 106 Å². The number of rotatable bonds is 3. The summed E-state index contributed by atoms with van der Waals surface area (Å²) in [6.45, 7) is 27.4. The highest BCUT2D eigenvalue weighted by Gasteiger charge is 2.31. The molecule has 0 saturated carbocycles. The zero-order valence-electron chi connectivity index (χ0n) is 42.6. The van der Waals surface area contributed by atoms with Crippen LogP contribution in [0.2, 0.25) is 0 Å². The Bertz CT molecular complexity index is 3840. The van der Waals surface area contributed by atoms with Crippen molar-refractivity contribution in [3.63, 3.8) is 0 Å². The fraction of sp³-hybridized carbons (Fsp3) is 0.242. The van der Waals surface area contributed by atoms with Gasteiger partial charge >= 0.3 is 0 Å². The number of fused-ring (bicyclic) bond motifs is 8. The highest BCUT2D eigenvalue weighted by molar-refractivity contribution is 6.18. The molecule has 12 rings (SSSR count). The summed E-state index contributed by atoms with van der Waals surface area (Å²) in [5, 5.41) is 8.23. The van der Waals surface area contributed by atoms with Crippen LogP contribution >= 0.6 is 0 Å². The van der Waals surface area contributed by atoms with Crippen molar-refractivity contribution in [2.45, 2.75) is 89.5 Å². The molecule has 0 unspecified atom stereocenters. The topological polar surface area (TPSA) is 7.76 Å². The normalized spacial score (nSPS) is 12.3. The van der Waals surface area contributed by atoms with Gasteiger partial charge in [0.1, 0.15) is 14.1 Å². The van der Waals surface area contributed by atoms with E-state index in [2.05, 4.69) is 228 Å². The summed E-state index contributed by atoms with van der Waals surface area (Å²) in [6.07, 6.45) is 1.05. The summed E-state index contributed by atoms with van der Waals surface area (Å²) >= 11 is 0. The molecule has 2 heteroatoms. The Kier molecular flexibility index (Phi) is 10.00. The van der Waals surface area contributed by atoms with Crippen LogP contribution in [0.25, 0.3) is 110 Å². The van der Waals surface area contributed by atoms with E-state index < -0.39 is 0 Å². The van der Waals surface area contributed by atoms with Crippen LogP contribution in [0.3, 0.4) is 0 Å². The highest BCUT2D eigenvalue weighted by atomic mass is 14.9. The van der Waals surface area contributed by atoms with Gasteiger partial charge in [0.15, 0.2) is 0 Å². The Hall–Kier alpha value is -6.90. The summed E-state index contributed by atoms with van der Waals surface area (Å²) in [5.41, 5.74) is 32.8. The Morgan fingerprint density at radius 2 is 0.765 bits per heavy atom. The average molecular weight is 885 g/mol. The largest absolute Gasteiger partial charge is 0.213 e. The Morgan fingerprint density at radius 1 is 0.368 bits per heavy atom. The van der Waals surface area contributed by atoms with Crippen molar-refractivity contribution in [2.75, 3.05) is 0 Å². The monoisotopic (exact) mass is 885 g/mol. The molecular weight excluding hydrogens is 821 g/mol. The molecule has 0 atom stereocenters. The third-order valence-electron chi connectivity index (χ3n) is 15.7. The number of hydrogen-bond acceptors (Lipinski definition) is 0. The van der Waals surface area contributed by atoms with Crippen molar-refractivity contribution < 1.29 is 9.13 Å². The Balaban J connectivity index is 0.000000150. The first-order valence-electron chi connectivity index (χ1n) is 24.6. The lowest BCUT2D eigenvalue weighted by Gasteiger charge is -2.21. The van der Waals surface area contributed by atoms with Gasteiger partial charge in [-0.05, 0) is 208 Å². The molecule has 10 aromatic rings. The van der Waals surface area contributed by atoms with Gasteiger partial charge in [0.05, 0.1) is 10.8 Å². The molecule has 0 aliphatic heterocycles. The molecule has 2 heterocycles. The molecule has 2 nitrogen and oxygen atoms in total. The maximum Gasteiger partial charge on any atom is 0.213 e. The quantitative estimate of drug-likeness (QED) is 0.156.